The van der Waals surface area contributed by atoms with Crippen molar-refractivity contribution in [3.05, 3.63) is 41.5 Å². The second kappa shape index (κ2) is 6.87. The van der Waals surface area contributed by atoms with Crippen molar-refractivity contribution >= 4 is 20.9 Å². The van der Waals surface area contributed by atoms with Gasteiger partial charge in [0.2, 0.25) is 0 Å². The average Bonchev–Trinajstić information content (AvgIpc) is 2.33. The van der Waals surface area contributed by atoms with E-state index in [1.165, 1.54) is 0 Å². The Morgan fingerprint density at radius 1 is 0.913 bits per heavy atom. The molecule has 0 radical (unpaired) electrons. The minimum Gasteiger partial charge on any atom is -0.744 e. The molecule has 0 aromatic heterocycles. The van der Waals surface area contributed by atoms with Crippen LogP contribution in [0.5, 0.6) is 0 Å². The Bertz CT molecular complexity index is 826. The predicted molar refractivity (Wildman–Crippen MR) is 89.3 cm³/mol. The molecular weight excluding hydrogens is 335 g/mol. The molecule has 120 valence electrons. The third-order valence-electron chi connectivity index (χ3n) is 3.81. The number of benzene rings is 2. The Balaban J connectivity index is 0.00000264. The average molecular weight is 359 g/mol. The Morgan fingerprint density at radius 2 is 1.43 bits per heavy atom. The fraction of sp³-hybridized carbons (Fsp3) is 0.444. The summed E-state index contributed by atoms with van der Waals surface area (Å²) in [5.41, 5.74) is 0.841. The molecule has 23 heavy (non-hydrogen) atoms. The van der Waals surface area contributed by atoms with E-state index in [0.717, 1.165) is 10.9 Å². The molecule has 0 N–H and O–H groups in total. The summed E-state index contributed by atoms with van der Waals surface area (Å²) in [6.45, 7) is 11.9. The molecule has 0 atom stereocenters. The zero-order valence-corrected chi connectivity index (χ0v) is 19.0. The fourth-order valence-electron chi connectivity index (χ4n) is 2.91. The van der Waals surface area contributed by atoms with Crippen LogP contribution in [-0.2, 0) is 20.9 Å². The van der Waals surface area contributed by atoms with Gasteiger partial charge in [0.15, 0.2) is 0 Å². The molecule has 0 saturated heterocycles. The van der Waals surface area contributed by atoms with Crippen molar-refractivity contribution in [2.24, 2.45) is 0 Å². The minimum absolute atomic E-state index is 0. The van der Waals surface area contributed by atoms with Crippen LogP contribution in [0.1, 0.15) is 52.7 Å². The van der Waals surface area contributed by atoms with Gasteiger partial charge in [0, 0.05) is 0 Å². The second-order valence-electron chi connectivity index (χ2n) is 7.80. The maximum atomic E-state index is 12.0. The monoisotopic (exact) mass is 358 g/mol. The molecule has 0 aliphatic carbocycles. The molecule has 0 fully saturated rings. The first-order chi connectivity index (χ1) is 9.83. The fourth-order valence-corrected chi connectivity index (χ4v) is 4.03. The van der Waals surface area contributed by atoms with Gasteiger partial charge in [-0.3, -0.25) is 0 Å². The molecule has 0 spiro atoms. The van der Waals surface area contributed by atoms with E-state index in [-0.39, 0.29) is 61.7 Å². The van der Waals surface area contributed by atoms with Gasteiger partial charge in [0.1, 0.15) is 10.1 Å². The third-order valence-corrected chi connectivity index (χ3v) is 4.73. The first-order valence-corrected chi connectivity index (χ1v) is 8.77. The summed E-state index contributed by atoms with van der Waals surface area (Å²) in [4.78, 5) is -0.0666. The van der Waals surface area contributed by atoms with Crippen LogP contribution in [0.25, 0.3) is 10.8 Å². The standard InChI is InChI=1S/C18H24O3S.K/c1-17(2,3)14-11-12-9-7-8-10-13(12)16(22(19,20)21)15(14)18(4,5)6;/h7-11H,1-6H3,(H,19,20,21);/q;+1/p-1. The van der Waals surface area contributed by atoms with Gasteiger partial charge < -0.3 is 4.55 Å². The van der Waals surface area contributed by atoms with Crippen LogP contribution in [-0.4, -0.2) is 13.0 Å². The third kappa shape index (κ3) is 4.45. The molecule has 0 unspecified atom stereocenters. The quantitative estimate of drug-likeness (QED) is 0.571. The van der Waals surface area contributed by atoms with Gasteiger partial charge >= 0.3 is 51.4 Å². The zero-order valence-electron chi connectivity index (χ0n) is 15.0. The normalized spacial score (nSPS) is 13.0. The van der Waals surface area contributed by atoms with Crippen LogP contribution in [0, 0.1) is 0 Å². The molecule has 3 nitrogen and oxygen atoms in total. The van der Waals surface area contributed by atoms with E-state index in [4.69, 9.17) is 0 Å². The number of hydrogen-bond donors (Lipinski definition) is 0. The molecule has 0 heterocycles. The van der Waals surface area contributed by atoms with Crippen molar-refractivity contribution < 1.29 is 64.4 Å². The van der Waals surface area contributed by atoms with E-state index in [9.17, 15) is 13.0 Å². The maximum Gasteiger partial charge on any atom is 1.00 e. The van der Waals surface area contributed by atoms with Gasteiger partial charge in [0.25, 0.3) is 0 Å². The molecule has 2 aromatic carbocycles. The van der Waals surface area contributed by atoms with Crippen LogP contribution >= 0.6 is 0 Å². The summed E-state index contributed by atoms with van der Waals surface area (Å²) in [6.07, 6.45) is 0. The molecule has 2 rings (SSSR count). The number of hydrogen-bond acceptors (Lipinski definition) is 3. The summed E-state index contributed by atoms with van der Waals surface area (Å²) in [7, 11) is -4.58. The molecule has 2 aromatic rings. The van der Waals surface area contributed by atoms with Crippen molar-refractivity contribution in [1.82, 2.24) is 0 Å². The Kier molecular flexibility index (Phi) is 6.35. The Hall–Kier alpha value is 0.246. The molecule has 0 saturated carbocycles. The molecule has 0 bridgehead atoms. The van der Waals surface area contributed by atoms with Crippen molar-refractivity contribution in [2.45, 2.75) is 57.3 Å². The largest absolute Gasteiger partial charge is 1.00 e. The van der Waals surface area contributed by atoms with E-state index in [1.807, 2.05) is 59.7 Å². The molecular formula is C18H23KO3S. The van der Waals surface area contributed by atoms with Gasteiger partial charge in [-0.1, -0.05) is 71.9 Å². The maximum absolute atomic E-state index is 12.0. The van der Waals surface area contributed by atoms with Crippen molar-refractivity contribution in [3.63, 3.8) is 0 Å². The van der Waals surface area contributed by atoms with Crippen LogP contribution in [0.4, 0.5) is 0 Å². The van der Waals surface area contributed by atoms with Crippen LogP contribution in [0.2, 0.25) is 0 Å². The van der Waals surface area contributed by atoms with Crippen molar-refractivity contribution in [1.29, 1.82) is 0 Å². The van der Waals surface area contributed by atoms with Gasteiger partial charge in [-0.25, -0.2) is 8.42 Å². The number of fused-ring (bicyclic) bond motifs is 1. The summed E-state index contributed by atoms with van der Waals surface area (Å²) in [6, 6.07) is 9.20. The van der Waals surface area contributed by atoms with Crippen LogP contribution in [0.3, 0.4) is 0 Å². The summed E-state index contributed by atoms with van der Waals surface area (Å²) in [5, 5.41) is 1.30. The van der Waals surface area contributed by atoms with Crippen molar-refractivity contribution in [3.8, 4) is 0 Å². The SMILES string of the molecule is CC(C)(C)c1cc2ccccc2c(S(=O)(=O)[O-])c1C(C)(C)C.[K+]. The molecule has 5 heteroatoms. The molecule has 0 aliphatic heterocycles. The minimum atomic E-state index is -4.58. The molecule has 0 aliphatic rings. The first-order valence-electron chi connectivity index (χ1n) is 7.36. The topological polar surface area (TPSA) is 57.2 Å². The molecule has 0 amide bonds. The van der Waals surface area contributed by atoms with E-state index in [0.29, 0.717) is 10.9 Å². The van der Waals surface area contributed by atoms with Crippen LogP contribution < -0.4 is 51.4 Å². The zero-order chi connectivity index (χ0) is 16.9. The first kappa shape index (κ1) is 21.3. The number of rotatable bonds is 1. The van der Waals surface area contributed by atoms with E-state index in [2.05, 4.69) is 0 Å². The van der Waals surface area contributed by atoms with E-state index >= 15 is 0 Å². The second-order valence-corrected chi connectivity index (χ2v) is 9.12. The van der Waals surface area contributed by atoms with Crippen molar-refractivity contribution in [2.75, 3.05) is 0 Å². The van der Waals surface area contributed by atoms with Gasteiger partial charge in [-0.2, -0.15) is 0 Å². The van der Waals surface area contributed by atoms with E-state index in [1.54, 1.807) is 12.1 Å². The smallest absolute Gasteiger partial charge is 0.744 e. The van der Waals surface area contributed by atoms with Crippen LogP contribution in [0.15, 0.2) is 35.2 Å². The van der Waals surface area contributed by atoms with Gasteiger partial charge in [-0.05, 0) is 32.7 Å². The van der Waals surface area contributed by atoms with E-state index < -0.39 is 15.5 Å². The Labute approximate surface area is 182 Å². The van der Waals surface area contributed by atoms with Gasteiger partial charge in [-0.15, -0.1) is 0 Å². The predicted octanol–water partition coefficient (Wildman–Crippen LogP) is 1.34. The Morgan fingerprint density at radius 3 is 1.87 bits per heavy atom. The van der Waals surface area contributed by atoms with Gasteiger partial charge in [0.05, 0.1) is 4.90 Å². The summed E-state index contributed by atoms with van der Waals surface area (Å²) >= 11 is 0. The summed E-state index contributed by atoms with van der Waals surface area (Å²) < 4.78 is 36.1. The summed E-state index contributed by atoms with van der Waals surface area (Å²) in [5.74, 6) is 0.